The van der Waals surface area contributed by atoms with Gasteiger partial charge in [0.1, 0.15) is 11.9 Å². The number of β-lactam (4-membered cyclic amide) rings is 1. The standard InChI is InChI=1S/C10H13ClN2O6S/c1-4(2)7(10(16)17)13-8(15)6(9(13)20(18)19)12-5(14)3-11/h6-7,9H,1,3H2,2H3,(H,12,14)(H,16,17)(H,18,19). The first kappa shape index (κ1) is 16.6. The van der Waals surface area contributed by atoms with Crippen molar-refractivity contribution in [3.05, 3.63) is 12.2 Å². The summed E-state index contributed by atoms with van der Waals surface area (Å²) in [5.74, 6) is -3.26. The lowest BCUT2D eigenvalue weighted by molar-refractivity contribution is -0.160. The van der Waals surface area contributed by atoms with Gasteiger partial charge < -0.3 is 19.9 Å². The van der Waals surface area contributed by atoms with Gasteiger partial charge in [0.2, 0.25) is 5.91 Å². The van der Waals surface area contributed by atoms with E-state index < -0.39 is 52.2 Å². The molecule has 1 rings (SSSR count). The van der Waals surface area contributed by atoms with Crippen molar-refractivity contribution in [3.63, 3.8) is 0 Å². The molecule has 0 spiro atoms. The predicted molar refractivity (Wildman–Crippen MR) is 70.3 cm³/mol. The molecule has 8 nitrogen and oxygen atoms in total. The minimum Gasteiger partial charge on any atom is -0.479 e. The van der Waals surface area contributed by atoms with Crippen LogP contribution in [0.25, 0.3) is 0 Å². The van der Waals surface area contributed by atoms with Crippen molar-refractivity contribution in [3.8, 4) is 0 Å². The number of aliphatic carboxylic acids is 1. The second kappa shape index (κ2) is 6.33. The van der Waals surface area contributed by atoms with Gasteiger partial charge in [-0.3, -0.25) is 9.59 Å². The summed E-state index contributed by atoms with van der Waals surface area (Å²) >= 11 is 2.73. The summed E-state index contributed by atoms with van der Waals surface area (Å²) in [5.41, 5.74) is 0.128. The Morgan fingerprint density at radius 2 is 2.15 bits per heavy atom. The van der Waals surface area contributed by atoms with E-state index in [-0.39, 0.29) is 5.57 Å². The zero-order valence-corrected chi connectivity index (χ0v) is 12.0. The van der Waals surface area contributed by atoms with Gasteiger partial charge in [0.25, 0.3) is 5.91 Å². The molecule has 20 heavy (non-hydrogen) atoms. The third-order valence-corrected chi connectivity index (χ3v) is 3.86. The molecular formula is C10H13ClN2O6S. The minimum absolute atomic E-state index is 0.128. The highest BCUT2D eigenvalue weighted by molar-refractivity contribution is 7.80. The number of alkyl halides is 1. The highest BCUT2D eigenvalue weighted by atomic mass is 35.5. The van der Waals surface area contributed by atoms with Gasteiger partial charge in [0.15, 0.2) is 22.5 Å². The van der Waals surface area contributed by atoms with Crippen LogP contribution in [0.5, 0.6) is 0 Å². The maximum Gasteiger partial charge on any atom is 0.330 e. The zero-order chi connectivity index (χ0) is 15.6. The molecule has 4 unspecified atom stereocenters. The number of carbonyl (C=O) groups excluding carboxylic acids is 2. The molecule has 0 aromatic carbocycles. The van der Waals surface area contributed by atoms with Gasteiger partial charge in [0.05, 0.1) is 0 Å². The zero-order valence-electron chi connectivity index (χ0n) is 10.4. The monoisotopic (exact) mass is 324 g/mol. The largest absolute Gasteiger partial charge is 0.479 e. The van der Waals surface area contributed by atoms with Gasteiger partial charge in [-0.05, 0) is 12.5 Å². The van der Waals surface area contributed by atoms with E-state index >= 15 is 0 Å². The van der Waals surface area contributed by atoms with Crippen LogP contribution in [0.15, 0.2) is 12.2 Å². The summed E-state index contributed by atoms with van der Waals surface area (Å²) in [5, 5.41) is 9.88. The molecule has 0 bridgehead atoms. The summed E-state index contributed by atoms with van der Waals surface area (Å²) in [6.07, 6.45) is 0. The third-order valence-electron chi connectivity index (χ3n) is 2.70. The summed E-state index contributed by atoms with van der Waals surface area (Å²) in [4.78, 5) is 34.9. The highest BCUT2D eigenvalue weighted by Gasteiger charge is 2.56. The molecule has 4 atom stereocenters. The Balaban J connectivity index is 3.02. The van der Waals surface area contributed by atoms with E-state index in [1.54, 1.807) is 0 Å². The average Bonchev–Trinajstić information content (AvgIpc) is 2.34. The SMILES string of the molecule is C=C(C)C(C(=O)O)N1C(=O)C(NC(=O)CCl)C1S(=O)O. The number of rotatable bonds is 6. The van der Waals surface area contributed by atoms with Crippen molar-refractivity contribution in [2.75, 3.05) is 5.88 Å². The van der Waals surface area contributed by atoms with E-state index in [0.29, 0.717) is 0 Å². The first-order valence-corrected chi connectivity index (χ1v) is 7.08. The van der Waals surface area contributed by atoms with E-state index in [2.05, 4.69) is 11.9 Å². The number of hydrogen-bond donors (Lipinski definition) is 3. The number of hydrogen-bond acceptors (Lipinski definition) is 4. The van der Waals surface area contributed by atoms with Gasteiger partial charge in [-0.25, -0.2) is 9.00 Å². The fourth-order valence-electron chi connectivity index (χ4n) is 1.89. The van der Waals surface area contributed by atoms with E-state index in [9.17, 15) is 23.1 Å². The van der Waals surface area contributed by atoms with Crippen LogP contribution in [0.1, 0.15) is 6.92 Å². The number of carboxylic acids is 1. The summed E-state index contributed by atoms with van der Waals surface area (Å²) in [7, 11) is 0. The van der Waals surface area contributed by atoms with E-state index in [4.69, 9.17) is 16.7 Å². The van der Waals surface area contributed by atoms with Crippen LogP contribution in [0.3, 0.4) is 0 Å². The summed E-state index contributed by atoms with van der Waals surface area (Å²) in [6.45, 7) is 4.83. The number of nitrogens with zero attached hydrogens (tertiary/aromatic N) is 1. The Morgan fingerprint density at radius 1 is 1.60 bits per heavy atom. The Bertz CT molecular complexity index is 482. The van der Waals surface area contributed by atoms with Crippen LogP contribution in [0.4, 0.5) is 0 Å². The Hall–Kier alpha value is -1.45. The number of carboxylic acid groups (broad SMARTS) is 1. The van der Waals surface area contributed by atoms with Crippen molar-refractivity contribution < 1.29 is 28.3 Å². The van der Waals surface area contributed by atoms with Crippen LogP contribution < -0.4 is 5.32 Å². The van der Waals surface area contributed by atoms with Gasteiger partial charge >= 0.3 is 5.97 Å². The van der Waals surface area contributed by atoms with E-state index in [1.807, 2.05) is 0 Å². The van der Waals surface area contributed by atoms with Crippen LogP contribution in [0, 0.1) is 0 Å². The molecule has 1 aliphatic heterocycles. The molecule has 1 heterocycles. The first-order chi connectivity index (χ1) is 9.22. The number of carbonyl (C=O) groups is 3. The average molecular weight is 325 g/mol. The molecule has 3 N–H and O–H groups in total. The second-order valence-electron chi connectivity index (χ2n) is 4.18. The molecule has 1 aliphatic rings. The Kier molecular flexibility index (Phi) is 5.26. The first-order valence-electron chi connectivity index (χ1n) is 5.37. The lowest BCUT2D eigenvalue weighted by atomic mass is 9.99. The maximum absolute atomic E-state index is 11.9. The minimum atomic E-state index is -2.53. The van der Waals surface area contributed by atoms with Crippen molar-refractivity contribution in [2.45, 2.75) is 24.4 Å². The van der Waals surface area contributed by atoms with Crippen LogP contribution in [0.2, 0.25) is 0 Å². The molecule has 0 radical (unpaired) electrons. The number of amides is 2. The summed E-state index contributed by atoms with van der Waals surface area (Å²) in [6, 6.07) is -2.69. The van der Waals surface area contributed by atoms with Crippen molar-refractivity contribution in [1.29, 1.82) is 0 Å². The quantitative estimate of drug-likeness (QED) is 0.252. The topological polar surface area (TPSA) is 124 Å². The molecule has 0 aromatic rings. The fraction of sp³-hybridized carbons (Fsp3) is 0.500. The lowest BCUT2D eigenvalue weighted by Gasteiger charge is -2.47. The third kappa shape index (κ3) is 3.00. The fourth-order valence-corrected chi connectivity index (χ4v) is 2.80. The van der Waals surface area contributed by atoms with Gasteiger partial charge in [-0.15, -0.1) is 11.6 Å². The van der Waals surface area contributed by atoms with Crippen LogP contribution in [-0.4, -0.2) is 59.9 Å². The van der Waals surface area contributed by atoms with E-state index in [1.165, 1.54) is 6.92 Å². The summed E-state index contributed by atoms with van der Waals surface area (Å²) < 4.78 is 20.5. The van der Waals surface area contributed by atoms with Gasteiger partial charge in [-0.1, -0.05) is 6.58 Å². The molecule has 10 heteroatoms. The normalized spacial score (nSPS) is 24.6. The number of halogens is 1. The van der Waals surface area contributed by atoms with E-state index in [0.717, 1.165) is 4.90 Å². The molecule has 0 saturated carbocycles. The smallest absolute Gasteiger partial charge is 0.330 e. The van der Waals surface area contributed by atoms with Crippen LogP contribution >= 0.6 is 11.6 Å². The molecule has 0 aliphatic carbocycles. The molecule has 0 aromatic heterocycles. The molecule has 1 saturated heterocycles. The molecule has 112 valence electrons. The second-order valence-corrected chi connectivity index (χ2v) is 5.48. The highest BCUT2D eigenvalue weighted by Crippen LogP contribution is 2.28. The van der Waals surface area contributed by atoms with Gasteiger partial charge in [-0.2, -0.15) is 0 Å². The van der Waals surface area contributed by atoms with Crippen molar-refractivity contribution in [2.24, 2.45) is 0 Å². The molecule has 1 fully saturated rings. The van der Waals surface area contributed by atoms with Crippen molar-refractivity contribution >= 4 is 40.5 Å². The van der Waals surface area contributed by atoms with Gasteiger partial charge in [0, 0.05) is 0 Å². The lowest BCUT2D eigenvalue weighted by Crippen LogP contribution is -2.75. The Morgan fingerprint density at radius 3 is 2.50 bits per heavy atom. The number of nitrogens with one attached hydrogen (secondary N) is 1. The predicted octanol–water partition coefficient (Wildman–Crippen LogP) is -0.871. The van der Waals surface area contributed by atoms with Crippen molar-refractivity contribution in [1.82, 2.24) is 10.2 Å². The molecule has 2 amide bonds. The van der Waals surface area contributed by atoms with Crippen LogP contribution in [-0.2, 0) is 25.5 Å². The molecular weight excluding hydrogens is 312 g/mol. The maximum atomic E-state index is 11.9. The number of likely N-dealkylation sites (tertiary alicyclic amines) is 1. The Labute approximate surface area is 122 Å².